The number of carbonyl (C=O) groups excluding carboxylic acids is 4. The van der Waals surface area contributed by atoms with Gasteiger partial charge in [0.2, 0.25) is 23.6 Å². The molecule has 0 saturated heterocycles. The number of hydrogen-bond acceptors (Lipinski definition) is 7. The van der Waals surface area contributed by atoms with Crippen LogP contribution in [0, 0.1) is 0 Å². The lowest BCUT2D eigenvalue weighted by atomic mass is 10.0. The van der Waals surface area contributed by atoms with Crippen molar-refractivity contribution in [2.75, 3.05) is 0 Å². The molecule has 2 aromatic rings. The molecule has 0 bridgehead atoms. The minimum Gasteiger partial charge on any atom is -0.481 e. The first-order valence-electron chi connectivity index (χ1n) is 11.3. The number of carboxylic acid groups (broad SMARTS) is 2. The van der Waals surface area contributed by atoms with Crippen molar-refractivity contribution in [2.45, 2.75) is 56.8 Å². The SMILES string of the molecule is CC(NC(=O)C(N)Cc1c[nH]c2ccccc12)C(=O)NC(CCC(=O)O)C(=O)NC(CC(N)=O)C(=O)O. The highest BCUT2D eigenvalue weighted by molar-refractivity contribution is 5.95. The standard InChI is InChI=1S/C23H30N6O8/c1-11(27-21(34)14(24)8-12-10-26-15-5-3-2-4-13(12)15)20(33)28-16(6-7-19(31)32)22(35)29-17(23(36)37)9-18(25)30/h2-5,10-11,14,16-17,26H,6-9,24H2,1H3,(H2,25,30)(H,27,34)(H,28,33)(H,29,35)(H,31,32)(H,36,37). The monoisotopic (exact) mass is 518 g/mol. The van der Waals surface area contributed by atoms with Crippen molar-refractivity contribution in [3.63, 3.8) is 0 Å². The summed E-state index contributed by atoms with van der Waals surface area (Å²) in [6.45, 7) is 1.34. The maximum absolute atomic E-state index is 12.7. The van der Waals surface area contributed by atoms with E-state index in [2.05, 4.69) is 20.9 Å². The van der Waals surface area contributed by atoms with E-state index < -0.39 is 72.6 Å². The van der Waals surface area contributed by atoms with Gasteiger partial charge in [0, 0.05) is 23.5 Å². The van der Waals surface area contributed by atoms with Gasteiger partial charge in [-0.15, -0.1) is 0 Å². The molecule has 4 atom stereocenters. The number of amides is 4. The van der Waals surface area contributed by atoms with Crippen LogP contribution in [0.5, 0.6) is 0 Å². The molecule has 14 nitrogen and oxygen atoms in total. The Morgan fingerprint density at radius 3 is 2.22 bits per heavy atom. The Kier molecular flexibility index (Phi) is 10.1. The molecule has 2 rings (SSSR count). The summed E-state index contributed by atoms with van der Waals surface area (Å²) in [5.41, 5.74) is 12.7. The Morgan fingerprint density at radius 2 is 1.59 bits per heavy atom. The third-order valence-electron chi connectivity index (χ3n) is 5.50. The van der Waals surface area contributed by atoms with Crippen LogP contribution in [0.15, 0.2) is 30.5 Å². The summed E-state index contributed by atoms with van der Waals surface area (Å²) in [4.78, 5) is 74.3. The fraction of sp³-hybridized carbons (Fsp3) is 0.391. The summed E-state index contributed by atoms with van der Waals surface area (Å²) in [7, 11) is 0. The van der Waals surface area contributed by atoms with E-state index in [1.54, 1.807) is 6.20 Å². The number of rotatable bonds is 14. The van der Waals surface area contributed by atoms with Gasteiger partial charge in [0.1, 0.15) is 18.1 Å². The van der Waals surface area contributed by atoms with Gasteiger partial charge in [-0.2, -0.15) is 0 Å². The van der Waals surface area contributed by atoms with Crippen LogP contribution in [0.1, 0.15) is 31.7 Å². The third kappa shape index (κ3) is 8.61. The Balaban J connectivity index is 2.01. The first-order valence-corrected chi connectivity index (χ1v) is 11.3. The number of nitrogens with two attached hydrogens (primary N) is 2. The van der Waals surface area contributed by atoms with Crippen molar-refractivity contribution in [1.29, 1.82) is 0 Å². The molecular formula is C23H30N6O8. The van der Waals surface area contributed by atoms with E-state index in [0.29, 0.717) is 0 Å². The number of aliphatic carboxylic acids is 2. The fourth-order valence-corrected chi connectivity index (χ4v) is 3.52. The molecule has 10 N–H and O–H groups in total. The lowest BCUT2D eigenvalue weighted by molar-refractivity contribution is -0.144. The van der Waals surface area contributed by atoms with Crippen molar-refractivity contribution in [3.05, 3.63) is 36.0 Å². The molecule has 37 heavy (non-hydrogen) atoms. The van der Waals surface area contributed by atoms with Gasteiger partial charge in [0.05, 0.1) is 12.5 Å². The summed E-state index contributed by atoms with van der Waals surface area (Å²) in [5.74, 6) is -6.28. The second kappa shape index (κ2) is 13.0. The molecule has 1 aromatic heterocycles. The zero-order valence-corrected chi connectivity index (χ0v) is 20.0. The molecule has 4 unspecified atom stereocenters. The highest BCUT2D eigenvalue weighted by atomic mass is 16.4. The van der Waals surface area contributed by atoms with Gasteiger partial charge in [-0.3, -0.25) is 24.0 Å². The van der Waals surface area contributed by atoms with Gasteiger partial charge in [-0.05, 0) is 31.4 Å². The highest BCUT2D eigenvalue weighted by Gasteiger charge is 2.30. The van der Waals surface area contributed by atoms with Gasteiger partial charge < -0.3 is 42.6 Å². The van der Waals surface area contributed by atoms with E-state index in [1.807, 2.05) is 24.3 Å². The van der Waals surface area contributed by atoms with E-state index >= 15 is 0 Å². The Morgan fingerprint density at radius 1 is 0.946 bits per heavy atom. The van der Waals surface area contributed by atoms with Crippen LogP contribution >= 0.6 is 0 Å². The van der Waals surface area contributed by atoms with E-state index in [-0.39, 0.29) is 12.8 Å². The summed E-state index contributed by atoms with van der Waals surface area (Å²) in [6, 6.07) is 2.17. The molecule has 0 aliphatic heterocycles. The molecule has 0 aliphatic rings. The maximum Gasteiger partial charge on any atom is 0.326 e. The van der Waals surface area contributed by atoms with Crippen LogP contribution in [0.3, 0.4) is 0 Å². The summed E-state index contributed by atoms with van der Waals surface area (Å²) < 4.78 is 0. The largest absolute Gasteiger partial charge is 0.481 e. The number of primary amides is 1. The molecule has 1 heterocycles. The first kappa shape index (κ1) is 28.8. The number of fused-ring (bicyclic) bond motifs is 1. The van der Waals surface area contributed by atoms with Crippen molar-refractivity contribution >= 4 is 46.5 Å². The molecule has 0 spiro atoms. The quantitative estimate of drug-likeness (QED) is 0.142. The minimum absolute atomic E-state index is 0.185. The van der Waals surface area contributed by atoms with Crippen LogP contribution in [-0.4, -0.2) is 74.9 Å². The molecule has 0 aliphatic carbocycles. The van der Waals surface area contributed by atoms with Crippen LogP contribution in [-0.2, 0) is 35.2 Å². The topological polar surface area (TPSA) is 247 Å². The van der Waals surface area contributed by atoms with Gasteiger partial charge in [-0.25, -0.2) is 4.79 Å². The van der Waals surface area contributed by atoms with Crippen LogP contribution in [0.2, 0.25) is 0 Å². The molecule has 14 heteroatoms. The van der Waals surface area contributed by atoms with Gasteiger partial charge in [0.15, 0.2) is 0 Å². The van der Waals surface area contributed by atoms with Crippen LogP contribution in [0.25, 0.3) is 10.9 Å². The van der Waals surface area contributed by atoms with Crippen molar-refractivity contribution in [3.8, 4) is 0 Å². The lowest BCUT2D eigenvalue weighted by Gasteiger charge is -2.23. The molecule has 0 fully saturated rings. The zero-order valence-electron chi connectivity index (χ0n) is 20.0. The number of para-hydroxylation sites is 1. The van der Waals surface area contributed by atoms with E-state index in [1.165, 1.54) is 6.92 Å². The number of aromatic nitrogens is 1. The van der Waals surface area contributed by atoms with Gasteiger partial charge in [-0.1, -0.05) is 18.2 Å². The number of hydrogen-bond donors (Lipinski definition) is 8. The van der Waals surface area contributed by atoms with Crippen molar-refractivity contribution in [1.82, 2.24) is 20.9 Å². The minimum atomic E-state index is -1.67. The number of H-pyrrole nitrogens is 1. The molecule has 0 radical (unpaired) electrons. The fourth-order valence-electron chi connectivity index (χ4n) is 3.52. The van der Waals surface area contributed by atoms with E-state index in [4.69, 9.17) is 16.6 Å². The third-order valence-corrected chi connectivity index (χ3v) is 5.50. The number of benzene rings is 1. The maximum atomic E-state index is 12.7. The summed E-state index contributed by atoms with van der Waals surface area (Å²) in [5, 5.41) is 25.8. The lowest BCUT2D eigenvalue weighted by Crippen LogP contribution is -2.56. The summed E-state index contributed by atoms with van der Waals surface area (Å²) in [6.07, 6.45) is 0.312. The number of carbonyl (C=O) groups is 6. The van der Waals surface area contributed by atoms with Crippen LogP contribution in [0.4, 0.5) is 0 Å². The smallest absolute Gasteiger partial charge is 0.326 e. The van der Waals surface area contributed by atoms with Crippen LogP contribution < -0.4 is 27.4 Å². The van der Waals surface area contributed by atoms with Crippen molar-refractivity contribution < 1.29 is 39.0 Å². The zero-order chi connectivity index (χ0) is 27.7. The number of carboxylic acids is 2. The second-order valence-electron chi connectivity index (χ2n) is 8.46. The average molecular weight is 519 g/mol. The Hall–Kier alpha value is -4.46. The molecule has 200 valence electrons. The molecule has 1 aromatic carbocycles. The van der Waals surface area contributed by atoms with Crippen molar-refractivity contribution in [2.24, 2.45) is 11.5 Å². The highest BCUT2D eigenvalue weighted by Crippen LogP contribution is 2.18. The Bertz CT molecular complexity index is 1180. The molecular weight excluding hydrogens is 488 g/mol. The molecule has 0 saturated carbocycles. The second-order valence-corrected chi connectivity index (χ2v) is 8.46. The Labute approximate surface area is 211 Å². The summed E-state index contributed by atoms with van der Waals surface area (Å²) >= 11 is 0. The number of aromatic amines is 1. The van der Waals surface area contributed by atoms with E-state index in [0.717, 1.165) is 16.5 Å². The predicted molar refractivity (Wildman–Crippen MR) is 130 cm³/mol. The van der Waals surface area contributed by atoms with Gasteiger partial charge >= 0.3 is 11.9 Å². The van der Waals surface area contributed by atoms with E-state index in [9.17, 15) is 33.9 Å². The molecule has 4 amide bonds. The predicted octanol–water partition coefficient (Wildman–Crippen LogP) is -1.66. The van der Waals surface area contributed by atoms with Gasteiger partial charge in [0.25, 0.3) is 0 Å². The normalized spacial score (nSPS) is 14.1. The first-order chi connectivity index (χ1) is 17.4. The number of nitrogens with one attached hydrogen (secondary N) is 4. The average Bonchev–Trinajstić information content (AvgIpc) is 3.23.